The third kappa shape index (κ3) is 3.11. The molecule has 7 nitrogen and oxygen atoms in total. The van der Waals surface area contributed by atoms with Gasteiger partial charge in [-0.05, 0) is 12.1 Å². The second-order valence-corrected chi connectivity index (χ2v) is 5.54. The highest BCUT2D eigenvalue weighted by Crippen LogP contribution is 2.37. The van der Waals surface area contributed by atoms with Crippen molar-refractivity contribution in [3.63, 3.8) is 0 Å². The lowest BCUT2D eigenvalue weighted by molar-refractivity contribution is -0.387. The molecule has 2 aromatic rings. The van der Waals surface area contributed by atoms with Crippen LogP contribution in [0.15, 0.2) is 53.4 Å². The van der Waals surface area contributed by atoms with E-state index < -0.39 is 25.5 Å². The van der Waals surface area contributed by atoms with Crippen molar-refractivity contribution in [2.24, 2.45) is 0 Å². The van der Waals surface area contributed by atoms with E-state index in [2.05, 4.69) is 4.72 Å². The van der Waals surface area contributed by atoms with Crippen molar-refractivity contribution in [1.29, 1.82) is 0 Å². The molecule has 0 saturated heterocycles. The zero-order valence-electron chi connectivity index (χ0n) is 11.0. The molecule has 2 rings (SSSR count). The summed E-state index contributed by atoms with van der Waals surface area (Å²) in [6.45, 7) is 0. The standard InChI is InChI=1S/C13H11N2O5S/c1-20-12-8-4-2-6-10(12)14-21(18,19)13-9-5-3-7-11(13)15(16)17/h2-9H,1H3/q-1. The Kier molecular flexibility index (Phi) is 4.08. The molecular formula is C13H11N2O5S-. The maximum absolute atomic E-state index is 12.3. The van der Waals surface area contributed by atoms with Gasteiger partial charge in [-0.3, -0.25) is 10.1 Å². The molecule has 0 amide bonds. The summed E-state index contributed by atoms with van der Waals surface area (Å²) in [7, 11) is -2.84. The van der Waals surface area contributed by atoms with Crippen LogP contribution < -0.4 is 4.74 Å². The highest BCUT2D eigenvalue weighted by Gasteiger charge is 2.19. The molecule has 0 unspecified atom stereocenters. The third-order valence-corrected chi connectivity index (χ3v) is 3.98. The summed E-state index contributed by atoms with van der Waals surface area (Å²) >= 11 is 0. The number of nitro groups is 1. The molecule has 21 heavy (non-hydrogen) atoms. The fourth-order valence-electron chi connectivity index (χ4n) is 1.71. The van der Waals surface area contributed by atoms with E-state index in [1.54, 1.807) is 18.2 Å². The van der Waals surface area contributed by atoms with Gasteiger partial charge in [0.15, 0.2) is 0 Å². The minimum Gasteiger partial charge on any atom is -0.570 e. The summed E-state index contributed by atoms with van der Waals surface area (Å²) in [4.78, 5) is 9.70. The van der Waals surface area contributed by atoms with Crippen LogP contribution in [0.25, 0.3) is 4.72 Å². The van der Waals surface area contributed by atoms with Gasteiger partial charge in [0.05, 0.1) is 12.0 Å². The van der Waals surface area contributed by atoms with Crippen molar-refractivity contribution in [3.8, 4) is 5.75 Å². The van der Waals surface area contributed by atoms with Crippen LogP contribution in [0.1, 0.15) is 0 Å². The summed E-state index contributed by atoms with van der Waals surface area (Å²) < 4.78 is 33.2. The molecule has 0 heterocycles. The molecule has 0 bridgehead atoms. The molecule has 0 spiro atoms. The molecule has 110 valence electrons. The van der Waals surface area contributed by atoms with Gasteiger partial charge in [-0.15, -0.1) is 0 Å². The monoisotopic (exact) mass is 307 g/mol. The van der Waals surface area contributed by atoms with E-state index >= 15 is 0 Å². The van der Waals surface area contributed by atoms with Crippen molar-refractivity contribution in [2.45, 2.75) is 4.90 Å². The van der Waals surface area contributed by atoms with Crippen molar-refractivity contribution in [1.82, 2.24) is 0 Å². The van der Waals surface area contributed by atoms with Crippen LogP contribution in [0.5, 0.6) is 5.75 Å². The maximum atomic E-state index is 12.3. The number of hydrogen-bond acceptors (Lipinski definition) is 5. The number of ether oxygens (including phenoxy) is 1. The number of hydrogen-bond donors (Lipinski definition) is 0. The molecular weight excluding hydrogens is 296 g/mol. The van der Waals surface area contributed by atoms with Crippen molar-refractivity contribution in [3.05, 3.63) is 63.4 Å². The molecule has 0 fully saturated rings. The van der Waals surface area contributed by atoms with Crippen LogP contribution >= 0.6 is 0 Å². The first-order chi connectivity index (χ1) is 9.95. The number of nitrogens with zero attached hydrogens (tertiary/aromatic N) is 2. The first-order valence-corrected chi connectivity index (χ1v) is 7.24. The molecule has 2 aromatic carbocycles. The predicted molar refractivity (Wildman–Crippen MR) is 76.3 cm³/mol. The third-order valence-electron chi connectivity index (χ3n) is 2.64. The zero-order valence-corrected chi connectivity index (χ0v) is 11.8. The molecule has 0 aliphatic rings. The normalized spacial score (nSPS) is 10.9. The fraction of sp³-hybridized carbons (Fsp3) is 0.0769. The van der Waals surface area contributed by atoms with E-state index in [9.17, 15) is 18.5 Å². The Bertz CT molecular complexity index is 774. The van der Waals surface area contributed by atoms with E-state index in [0.717, 1.165) is 12.1 Å². The summed E-state index contributed by atoms with van der Waals surface area (Å²) in [5, 5.41) is 10.9. The lowest BCUT2D eigenvalue weighted by Gasteiger charge is -2.23. The average molecular weight is 307 g/mol. The Labute approximate surface area is 121 Å². The topological polar surface area (TPSA) is 101 Å². The quantitative estimate of drug-likeness (QED) is 0.624. The van der Waals surface area contributed by atoms with Gasteiger partial charge in [-0.1, -0.05) is 36.0 Å². The number of benzene rings is 2. The summed E-state index contributed by atoms with van der Waals surface area (Å²) in [6, 6.07) is 11.3. The maximum Gasteiger partial charge on any atom is 0.286 e. The second kappa shape index (κ2) is 5.80. The Balaban J connectivity index is 2.46. The molecule has 0 radical (unpaired) electrons. The Morgan fingerprint density at radius 2 is 1.71 bits per heavy atom. The Morgan fingerprint density at radius 1 is 1.10 bits per heavy atom. The minimum absolute atomic E-state index is 0.0816. The highest BCUT2D eigenvalue weighted by atomic mass is 32.2. The minimum atomic E-state index is -4.22. The van der Waals surface area contributed by atoms with E-state index in [4.69, 9.17) is 4.74 Å². The highest BCUT2D eigenvalue weighted by molar-refractivity contribution is 7.94. The van der Waals surface area contributed by atoms with Crippen LogP contribution in [-0.4, -0.2) is 20.5 Å². The molecule has 0 saturated carbocycles. The van der Waals surface area contributed by atoms with Gasteiger partial charge < -0.3 is 9.46 Å². The van der Waals surface area contributed by atoms with Gasteiger partial charge in [-0.25, -0.2) is 8.42 Å². The molecule has 0 aromatic heterocycles. The van der Waals surface area contributed by atoms with E-state index in [1.807, 2.05) is 0 Å². The van der Waals surface area contributed by atoms with Crippen LogP contribution in [0, 0.1) is 10.1 Å². The smallest absolute Gasteiger partial charge is 0.286 e. The second-order valence-electron chi connectivity index (χ2n) is 3.96. The number of rotatable bonds is 5. The average Bonchev–Trinajstić information content (AvgIpc) is 2.47. The molecule has 0 aliphatic carbocycles. The van der Waals surface area contributed by atoms with Gasteiger partial charge in [0.1, 0.15) is 20.7 Å². The molecule has 0 aliphatic heterocycles. The van der Waals surface area contributed by atoms with Crippen molar-refractivity contribution in [2.75, 3.05) is 7.11 Å². The van der Waals surface area contributed by atoms with Gasteiger partial charge >= 0.3 is 0 Å². The Hall–Kier alpha value is -2.61. The first kappa shape index (κ1) is 14.8. The van der Waals surface area contributed by atoms with Crippen LogP contribution in [0.3, 0.4) is 0 Å². The number of nitro benzene ring substituents is 1. The van der Waals surface area contributed by atoms with Gasteiger partial charge in [0, 0.05) is 6.07 Å². The van der Waals surface area contributed by atoms with Crippen molar-refractivity contribution >= 4 is 21.4 Å². The van der Waals surface area contributed by atoms with E-state index in [-0.39, 0.29) is 11.4 Å². The van der Waals surface area contributed by atoms with E-state index in [0.29, 0.717) is 0 Å². The number of methoxy groups -OCH3 is 1. The summed E-state index contributed by atoms with van der Waals surface area (Å²) in [5.74, 6) is 0.264. The van der Waals surface area contributed by atoms with Gasteiger partial charge in [0.2, 0.25) is 0 Å². The summed E-state index contributed by atoms with van der Waals surface area (Å²) in [5.41, 5.74) is -0.436. The fourth-order valence-corrected chi connectivity index (χ4v) is 2.88. The number of para-hydroxylation sites is 2. The van der Waals surface area contributed by atoms with Gasteiger partial charge in [0.25, 0.3) is 5.69 Å². The Morgan fingerprint density at radius 3 is 2.38 bits per heavy atom. The molecule has 0 atom stereocenters. The van der Waals surface area contributed by atoms with Crippen LogP contribution in [-0.2, 0) is 10.0 Å². The SMILES string of the molecule is COc1ccccc1[N-]S(=O)(=O)c1ccccc1[N+](=O)[O-]. The predicted octanol–water partition coefficient (Wildman–Crippen LogP) is 3.00. The van der Waals surface area contributed by atoms with Crippen LogP contribution in [0.4, 0.5) is 11.4 Å². The van der Waals surface area contributed by atoms with Crippen molar-refractivity contribution < 1.29 is 18.1 Å². The zero-order chi connectivity index (χ0) is 15.5. The van der Waals surface area contributed by atoms with Crippen LogP contribution in [0.2, 0.25) is 0 Å². The molecule has 0 N–H and O–H groups in total. The van der Waals surface area contributed by atoms with Gasteiger partial charge in [-0.2, -0.15) is 0 Å². The van der Waals surface area contributed by atoms with E-state index in [1.165, 1.54) is 25.3 Å². The number of sulfonamides is 1. The molecule has 8 heteroatoms. The largest absolute Gasteiger partial charge is 0.570 e. The lowest BCUT2D eigenvalue weighted by Crippen LogP contribution is -2.03. The summed E-state index contributed by atoms with van der Waals surface area (Å²) in [6.07, 6.45) is 0. The first-order valence-electron chi connectivity index (χ1n) is 5.80. The lowest BCUT2D eigenvalue weighted by atomic mass is 10.3.